The molecule has 0 radical (unpaired) electrons. The Morgan fingerprint density at radius 3 is 2.93 bits per heavy atom. The molecule has 0 atom stereocenters. The molecule has 0 aliphatic rings. The lowest BCUT2D eigenvalue weighted by atomic mass is 10.3. The Balaban J connectivity index is 1.97. The SMILES string of the molecule is CCCCN(C)CCNCc1cc[nH]c1. The maximum atomic E-state index is 3.43. The van der Waals surface area contributed by atoms with E-state index in [2.05, 4.69) is 35.2 Å². The molecule has 0 bridgehead atoms. The van der Waals surface area contributed by atoms with Crippen molar-refractivity contribution in [3.8, 4) is 0 Å². The lowest BCUT2D eigenvalue weighted by Crippen LogP contribution is -2.29. The highest BCUT2D eigenvalue weighted by Crippen LogP contribution is 1.95. The fourth-order valence-electron chi connectivity index (χ4n) is 1.51. The van der Waals surface area contributed by atoms with E-state index in [-0.39, 0.29) is 0 Å². The van der Waals surface area contributed by atoms with Gasteiger partial charge < -0.3 is 15.2 Å². The molecule has 3 heteroatoms. The summed E-state index contributed by atoms with van der Waals surface area (Å²) in [6.07, 6.45) is 6.58. The van der Waals surface area contributed by atoms with Gasteiger partial charge in [-0.15, -0.1) is 0 Å². The van der Waals surface area contributed by atoms with Crippen molar-refractivity contribution in [2.75, 3.05) is 26.7 Å². The molecule has 0 fully saturated rings. The van der Waals surface area contributed by atoms with Gasteiger partial charge in [0.2, 0.25) is 0 Å². The van der Waals surface area contributed by atoms with Crippen molar-refractivity contribution in [2.24, 2.45) is 0 Å². The molecule has 0 aliphatic heterocycles. The van der Waals surface area contributed by atoms with Gasteiger partial charge in [-0.25, -0.2) is 0 Å². The molecule has 0 unspecified atom stereocenters. The summed E-state index contributed by atoms with van der Waals surface area (Å²) in [4.78, 5) is 5.44. The molecule has 0 spiro atoms. The first-order valence-electron chi connectivity index (χ1n) is 5.84. The number of aromatic amines is 1. The van der Waals surface area contributed by atoms with E-state index < -0.39 is 0 Å². The minimum absolute atomic E-state index is 0.963. The van der Waals surface area contributed by atoms with Crippen molar-refractivity contribution in [1.82, 2.24) is 15.2 Å². The first-order chi connectivity index (χ1) is 7.33. The van der Waals surface area contributed by atoms with Crippen LogP contribution < -0.4 is 5.32 Å². The number of nitrogens with one attached hydrogen (secondary N) is 2. The zero-order valence-electron chi connectivity index (χ0n) is 9.92. The highest BCUT2D eigenvalue weighted by atomic mass is 15.1. The Hall–Kier alpha value is -0.800. The second-order valence-electron chi connectivity index (χ2n) is 4.05. The van der Waals surface area contributed by atoms with Crippen molar-refractivity contribution >= 4 is 0 Å². The molecule has 1 aromatic heterocycles. The Bertz CT molecular complexity index is 231. The van der Waals surface area contributed by atoms with Crippen LogP contribution in [-0.4, -0.2) is 36.6 Å². The van der Waals surface area contributed by atoms with Gasteiger partial charge in [0.05, 0.1) is 0 Å². The largest absolute Gasteiger partial charge is 0.367 e. The minimum Gasteiger partial charge on any atom is -0.367 e. The van der Waals surface area contributed by atoms with Gasteiger partial charge in [0.25, 0.3) is 0 Å². The Labute approximate surface area is 92.9 Å². The van der Waals surface area contributed by atoms with Crippen LogP contribution in [0.15, 0.2) is 18.5 Å². The third-order valence-corrected chi connectivity index (χ3v) is 2.56. The van der Waals surface area contributed by atoms with E-state index in [4.69, 9.17) is 0 Å². The lowest BCUT2D eigenvalue weighted by Gasteiger charge is -2.16. The highest BCUT2D eigenvalue weighted by Gasteiger charge is 1.97. The standard InChI is InChI=1S/C12H23N3/c1-3-4-8-15(2)9-7-14-11-12-5-6-13-10-12/h5-6,10,13-14H,3-4,7-9,11H2,1-2H3. The molecule has 1 aromatic rings. The van der Waals surface area contributed by atoms with Gasteiger partial charge in [0, 0.05) is 32.0 Å². The van der Waals surface area contributed by atoms with Crippen molar-refractivity contribution in [1.29, 1.82) is 0 Å². The monoisotopic (exact) mass is 209 g/mol. The summed E-state index contributed by atoms with van der Waals surface area (Å²) in [5.41, 5.74) is 1.33. The summed E-state index contributed by atoms with van der Waals surface area (Å²) in [5, 5.41) is 3.43. The number of unbranched alkanes of at least 4 members (excludes halogenated alkanes) is 1. The summed E-state index contributed by atoms with van der Waals surface area (Å²) < 4.78 is 0. The maximum Gasteiger partial charge on any atom is 0.0220 e. The molecule has 1 rings (SSSR count). The first kappa shape index (κ1) is 12.3. The average molecular weight is 209 g/mol. The molecule has 0 aromatic carbocycles. The number of hydrogen-bond acceptors (Lipinski definition) is 2. The fraction of sp³-hybridized carbons (Fsp3) is 0.667. The Morgan fingerprint density at radius 2 is 2.27 bits per heavy atom. The van der Waals surface area contributed by atoms with Crippen LogP contribution in [0.2, 0.25) is 0 Å². The highest BCUT2D eigenvalue weighted by molar-refractivity contribution is 5.07. The van der Waals surface area contributed by atoms with Gasteiger partial charge in [-0.2, -0.15) is 0 Å². The molecule has 2 N–H and O–H groups in total. The van der Waals surface area contributed by atoms with Gasteiger partial charge in [-0.05, 0) is 31.6 Å². The van der Waals surface area contributed by atoms with Crippen LogP contribution in [0.3, 0.4) is 0 Å². The van der Waals surface area contributed by atoms with Crippen LogP contribution in [-0.2, 0) is 6.54 Å². The second kappa shape index (κ2) is 7.49. The predicted octanol–water partition coefficient (Wildman–Crippen LogP) is 1.84. The molecule has 0 saturated carbocycles. The zero-order valence-corrected chi connectivity index (χ0v) is 9.92. The second-order valence-corrected chi connectivity index (χ2v) is 4.05. The summed E-state index contributed by atoms with van der Waals surface area (Å²) in [6.45, 7) is 6.60. The maximum absolute atomic E-state index is 3.43. The summed E-state index contributed by atoms with van der Waals surface area (Å²) in [6, 6.07) is 2.10. The van der Waals surface area contributed by atoms with Crippen molar-refractivity contribution in [3.05, 3.63) is 24.0 Å². The molecule has 0 aliphatic carbocycles. The molecular weight excluding hydrogens is 186 g/mol. The van der Waals surface area contributed by atoms with Gasteiger partial charge >= 0.3 is 0 Å². The lowest BCUT2D eigenvalue weighted by molar-refractivity contribution is 0.325. The summed E-state index contributed by atoms with van der Waals surface area (Å²) >= 11 is 0. The van der Waals surface area contributed by atoms with Crippen LogP contribution >= 0.6 is 0 Å². The minimum atomic E-state index is 0.963. The third kappa shape index (κ3) is 5.60. The molecule has 1 heterocycles. The van der Waals surface area contributed by atoms with Crippen LogP contribution in [0.25, 0.3) is 0 Å². The molecule has 0 amide bonds. The molecule has 15 heavy (non-hydrogen) atoms. The van der Waals surface area contributed by atoms with Gasteiger partial charge in [0.15, 0.2) is 0 Å². The fourth-order valence-corrected chi connectivity index (χ4v) is 1.51. The predicted molar refractivity (Wildman–Crippen MR) is 64.9 cm³/mol. The third-order valence-electron chi connectivity index (χ3n) is 2.56. The van der Waals surface area contributed by atoms with E-state index in [0.29, 0.717) is 0 Å². The molecule has 86 valence electrons. The number of likely N-dealkylation sites (N-methyl/N-ethyl adjacent to an activating group) is 1. The van der Waals surface area contributed by atoms with Crippen molar-refractivity contribution < 1.29 is 0 Å². The normalized spacial score (nSPS) is 11.1. The van der Waals surface area contributed by atoms with E-state index in [9.17, 15) is 0 Å². The van der Waals surface area contributed by atoms with E-state index in [1.54, 1.807) is 0 Å². The van der Waals surface area contributed by atoms with E-state index in [1.165, 1.54) is 24.9 Å². The van der Waals surface area contributed by atoms with Crippen LogP contribution in [0.5, 0.6) is 0 Å². The Kier molecular flexibility index (Phi) is 6.12. The van der Waals surface area contributed by atoms with Gasteiger partial charge in [-0.3, -0.25) is 0 Å². The van der Waals surface area contributed by atoms with Crippen LogP contribution in [0.4, 0.5) is 0 Å². The van der Waals surface area contributed by atoms with Gasteiger partial charge in [0.1, 0.15) is 0 Å². The number of H-pyrrole nitrogens is 1. The number of rotatable bonds is 8. The first-order valence-corrected chi connectivity index (χ1v) is 5.84. The van der Waals surface area contributed by atoms with Crippen molar-refractivity contribution in [2.45, 2.75) is 26.3 Å². The van der Waals surface area contributed by atoms with E-state index >= 15 is 0 Å². The smallest absolute Gasteiger partial charge is 0.0220 e. The Morgan fingerprint density at radius 1 is 1.40 bits per heavy atom. The molecule has 3 nitrogen and oxygen atoms in total. The zero-order chi connectivity index (χ0) is 10.9. The van der Waals surface area contributed by atoms with Crippen molar-refractivity contribution in [3.63, 3.8) is 0 Å². The number of hydrogen-bond donors (Lipinski definition) is 2. The summed E-state index contributed by atoms with van der Waals surface area (Å²) in [7, 11) is 2.19. The van der Waals surface area contributed by atoms with E-state index in [0.717, 1.165) is 19.6 Å². The number of nitrogens with zero attached hydrogens (tertiary/aromatic N) is 1. The molecule has 0 saturated heterocycles. The topological polar surface area (TPSA) is 31.1 Å². The van der Waals surface area contributed by atoms with Gasteiger partial charge in [-0.1, -0.05) is 13.3 Å². The van der Waals surface area contributed by atoms with Crippen LogP contribution in [0, 0.1) is 0 Å². The summed E-state index contributed by atoms with van der Waals surface area (Å²) in [5.74, 6) is 0. The number of aromatic nitrogens is 1. The van der Waals surface area contributed by atoms with E-state index in [1.807, 2.05) is 12.4 Å². The van der Waals surface area contributed by atoms with Crippen LogP contribution in [0.1, 0.15) is 25.3 Å². The molecular formula is C12H23N3. The average Bonchev–Trinajstić information content (AvgIpc) is 2.74. The quantitative estimate of drug-likeness (QED) is 0.640.